The second-order valence-corrected chi connectivity index (χ2v) is 6.72. The first-order valence-electron chi connectivity index (χ1n) is 9.14. The smallest absolute Gasteiger partial charge is 0.322 e. The first-order chi connectivity index (χ1) is 13.6. The lowest BCUT2D eigenvalue weighted by Crippen LogP contribution is -2.28. The lowest BCUT2D eigenvalue weighted by Gasteiger charge is -2.20. The molecule has 0 atom stereocenters. The van der Waals surface area contributed by atoms with E-state index < -0.39 is 5.91 Å². The quantitative estimate of drug-likeness (QED) is 0.755. The van der Waals surface area contributed by atoms with Crippen LogP contribution >= 0.6 is 0 Å². The fourth-order valence-electron chi connectivity index (χ4n) is 3.57. The molecule has 2 aromatic carbocycles. The molecule has 8 heteroatoms. The van der Waals surface area contributed by atoms with Crippen molar-refractivity contribution in [3.63, 3.8) is 0 Å². The third kappa shape index (κ3) is 3.27. The van der Waals surface area contributed by atoms with E-state index in [1.807, 2.05) is 6.07 Å². The van der Waals surface area contributed by atoms with E-state index >= 15 is 0 Å². The largest absolute Gasteiger partial charge is 0.495 e. The molecule has 0 spiro atoms. The molecule has 1 saturated heterocycles. The molecule has 2 aliphatic rings. The van der Waals surface area contributed by atoms with Gasteiger partial charge in [0.2, 0.25) is 0 Å². The minimum absolute atomic E-state index is 0.155. The van der Waals surface area contributed by atoms with Crippen molar-refractivity contribution >= 4 is 23.3 Å². The fraction of sp³-hybridized carbons (Fsp3) is 0.300. The Hall–Kier alpha value is -3.13. The Kier molecular flexibility index (Phi) is 4.87. The van der Waals surface area contributed by atoms with Gasteiger partial charge in [-0.05, 0) is 48.4 Å². The number of urea groups is 1. The van der Waals surface area contributed by atoms with Gasteiger partial charge in [-0.3, -0.25) is 9.69 Å². The summed E-state index contributed by atoms with van der Waals surface area (Å²) in [6.07, 6.45) is 0.585. The molecule has 0 bridgehead atoms. The van der Waals surface area contributed by atoms with E-state index in [4.69, 9.17) is 4.74 Å². The molecule has 2 aromatic rings. The molecule has 0 saturated carbocycles. The number of methoxy groups -OCH3 is 1. The van der Waals surface area contributed by atoms with Crippen molar-refractivity contribution in [2.75, 3.05) is 37.0 Å². The van der Waals surface area contributed by atoms with Crippen molar-refractivity contribution in [3.05, 3.63) is 52.8 Å². The number of halogens is 1. The van der Waals surface area contributed by atoms with Gasteiger partial charge in [-0.25, -0.2) is 9.18 Å². The maximum absolute atomic E-state index is 14.8. The molecule has 4 rings (SSSR count). The molecule has 146 valence electrons. The third-order valence-electron chi connectivity index (χ3n) is 5.04. The zero-order chi connectivity index (χ0) is 19.7. The second kappa shape index (κ2) is 7.47. The summed E-state index contributed by atoms with van der Waals surface area (Å²) in [5, 5.41) is 8.57. The Balaban J connectivity index is 1.61. The van der Waals surface area contributed by atoms with Crippen LogP contribution in [0.25, 0.3) is 0 Å². The molecule has 7 nitrogen and oxygen atoms in total. The van der Waals surface area contributed by atoms with Crippen LogP contribution in [0.5, 0.6) is 5.75 Å². The topological polar surface area (TPSA) is 82.7 Å². The lowest BCUT2D eigenvalue weighted by molar-refractivity contribution is 0.102. The summed E-state index contributed by atoms with van der Waals surface area (Å²) < 4.78 is 20.1. The molecule has 0 aliphatic carbocycles. The zero-order valence-corrected chi connectivity index (χ0v) is 15.5. The summed E-state index contributed by atoms with van der Waals surface area (Å²) in [6, 6.07) is 7.96. The highest BCUT2D eigenvalue weighted by Gasteiger charge is 2.25. The van der Waals surface area contributed by atoms with Crippen molar-refractivity contribution in [2.45, 2.75) is 13.0 Å². The molecule has 28 heavy (non-hydrogen) atoms. The van der Waals surface area contributed by atoms with Gasteiger partial charge in [0.05, 0.1) is 18.5 Å². The summed E-state index contributed by atoms with van der Waals surface area (Å²) >= 11 is 0. The predicted octanol–water partition coefficient (Wildman–Crippen LogP) is 2.26. The maximum atomic E-state index is 14.8. The first-order valence-corrected chi connectivity index (χ1v) is 9.14. The Morgan fingerprint density at radius 3 is 2.86 bits per heavy atom. The standard InChI is InChI=1S/C20H21FN4O3/c1-28-17-5-3-12(10-16(17)25-9-8-23-20(25)27)19(26)24-15-4-2-13-11-22-7-6-14(13)18(15)21/h2-5,10,22H,6-9,11H2,1H3,(H,23,27)(H,24,26). The Morgan fingerprint density at radius 1 is 1.25 bits per heavy atom. The summed E-state index contributed by atoms with van der Waals surface area (Å²) in [6.45, 7) is 2.34. The number of amides is 3. The van der Waals surface area contributed by atoms with Crippen LogP contribution in [0.1, 0.15) is 21.5 Å². The summed E-state index contributed by atoms with van der Waals surface area (Å²) in [7, 11) is 1.50. The van der Waals surface area contributed by atoms with E-state index in [9.17, 15) is 14.0 Å². The summed E-state index contributed by atoms with van der Waals surface area (Å²) in [5.74, 6) is -0.350. The van der Waals surface area contributed by atoms with Crippen LogP contribution in [-0.4, -0.2) is 38.7 Å². The summed E-state index contributed by atoms with van der Waals surface area (Å²) in [4.78, 5) is 26.2. The van der Waals surface area contributed by atoms with E-state index in [0.717, 1.165) is 5.56 Å². The van der Waals surface area contributed by atoms with Crippen LogP contribution < -0.4 is 25.6 Å². The van der Waals surface area contributed by atoms with Gasteiger partial charge in [-0.15, -0.1) is 0 Å². The lowest BCUT2D eigenvalue weighted by atomic mass is 9.99. The second-order valence-electron chi connectivity index (χ2n) is 6.72. The van der Waals surface area contributed by atoms with Crippen molar-refractivity contribution in [3.8, 4) is 5.75 Å². The predicted molar refractivity (Wildman–Crippen MR) is 104 cm³/mol. The average Bonchev–Trinajstić information content (AvgIpc) is 3.15. The fourth-order valence-corrected chi connectivity index (χ4v) is 3.57. The zero-order valence-electron chi connectivity index (χ0n) is 15.5. The van der Waals surface area contributed by atoms with E-state index in [0.29, 0.717) is 55.2 Å². The number of benzene rings is 2. The molecule has 2 heterocycles. The number of ether oxygens (including phenoxy) is 1. The summed E-state index contributed by atoms with van der Waals surface area (Å²) in [5.41, 5.74) is 2.52. The van der Waals surface area contributed by atoms with E-state index in [1.165, 1.54) is 12.0 Å². The molecule has 1 fully saturated rings. The van der Waals surface area contributed by atoms with Gasteiger partial charge < -0.3 is 20.7 Å². The Bertz CT molecular complexity index is 947. The van der Waals surface area contributed by atoms with Gasteiger partial charge in [0.1, 0.15) is 11.6 Å². The van der Waals surface area contributed by atoms with Gasteiger partial charge in [0, 0.05) is 25.2 Å². The number of anilines is 2. The molecule has 3 N–H and O–H groups in total. The Morgan fingerprint density at radius 2 is 2.11 bits per heavy atom. The molecular formula is C20H21FN4O3. The van der Waals surface area contributed by atoms with Crippen LogP contribution in [0.2, 0.25) is 0 Å². The SMILES string of the molecule is COc1ccc(C(=O)Nc2ccc3c(c2F)CCNC3)cc1N1CCNC1=O. The van der Waals surface area contributed by atoms with Gasteiger partial charge in [0.15, 0.2) is 0 Å². The van der Waals surface area contributed by atoms with Crippen molar-refractivity contribution < 1.29 is 18.7 Å². The van der Waals surface area contributed by atoms with E-state index in [1.54, 1.807) is 24.3 Å². The van der Waals surface area contributed by atoms with Gasteiger partial charge >= 0.3 is 6.03 Å². The molecule has 3 amide bonds. The minimum Gasteiger partial charge on any atom is -0.495 e. The highest BCUT2D eigenvalue weighted by molar-refractivity contribution is 6.06. The van der Waals surface area contributed by atoms with Crippen LogP contribution in [0.4, 0.5) is 20.6 Å². The van der Waals surface area contributed by atoms with Crippen LogP contribution in [-0.2, 0) is 13.0 Å². The molecule has 0 radical (unpaired) electrons. The number of nitrogens with one attached hydrogen (secondary N) is 3. The van der Waals surface area contributed by atoms with Crippen LogP contribution in [0, 0.1) is 5.82 Å². The number of carbonyl (C=O) groups excluding carboxylic acids is 2. The monoisotopic (exact) mass is 384 g/mol. The normalized spacial score (nSPS) is 15.8. The number of carbonyl (C=O) groups is 2. The number of hydrogen-bond acceptors (Lipinski definition) is 4. The maximum Gasteiger partial charge on any atom is 0.322 e. The van der Waals surface area contributed by atoms with Gasteiger partial charge in [0.25, 0.3) is 5.91 Å². The average molecular weight is 384 g/mol. The molecule has 0 unspecified atom stereocenters. The Labute approximate surface area is 161 Å². The number of fused-ring (bicyclic) bond motifs is 1. The molecular weight excluding hydrogens is 363 g/mol. The number of hydrogen-bond donors (Lipinski definition) is 3. The van der Waals surface area contributed by atoms with Gasteiger partial charge in [-0.2, -0.15) is 0 Å². The third-order valence-corrected chi connectivity index (χ3v) is 5.04. The van der Waals surface area contributed by atoms with E-state index in [2.05, 4.69) is 16.0 Å². The van der Waals surface area contributed by atoms with Crippen molar-refractivity contribution in [1.29, 1.82) is 0 Å². The molecule has 2 aliphatic heterocycles. The van der Waals surface area contributed by atoms with Crippen molar-refractivity contribution in [1.82, 2.24) is 10.6 Å². The highest BCUT2D eigenvalue weighted by atomic mass is 19.1. The van der Waals surface area contributed by atoms with Crippen LogP contribution in [0.3, 0.4) is 0 Å². The number of nitrogens with zero attached hydrogens (tertiary/aromatic N) is 1. The van der Waals surface area contributed by atoms with Gasteiger partial charge in [-0.1, -0.05) is 6.07 Å². The van der Waals surface area contributed by atoms with Crippen molar-refractivity contribution in [2.24, 2.45) is 0 Å². The highest BCUT2D eigenvalue weighted by Crippen LogP contribution is 2.31. The van der Waals surface area contributed by atoms with E-state index in [-0.39, 0.29) is 17.5 Å². The first kappa shape index (κ1) is 18.2. The minimum atomic E-state index is -0.448. The number of rotatable bonds is 4. The van der Waals surface area contributed by atoms with Crippen LogP contribution in [0.15, 0.2) is 30.3 Å². The molecule has 0 aromatic heterocycles.